The average Bonchev–Trinajstić information content (AvgIpc) is 2.77. The summed E-state index contributed by atoms with van der Waals surface area (Å²) in [6, 6.07) is 11.2. The first kappa shape index (κ1) is 20.6. The van der Waals surface area contributed by atoms with Crippen molar-refractivity contribution < 1.29 is 14.3 Å². The number of nitrogens with one attached hydrogen (secondary N) is 1. The Morgan fingerprint density at radius 3 is 2.41 bits per heavy atom. The van der Waals surface area contributed by atoms with Crippen LogP contribution in [-0.2, 0) is 0 Å². The van der Waals surface area contributed by atoms with Crippen molar-refractivity contribution in [2.24, 2.45) is 5.92 Å². The van der Waals surface area contributed by atoms with Crippen LogP contribution in [0.3, 0.4) is 0 Å². The van der Waals surface area contributed by atoms with Crippen molar-refractivity contribution in [3.63, 3.8) is 0 Å². The van der Waals surface area contributed by atoms with E-state index < -0.39 is 0 Å². The molecule has 1 aliphatic rings. The van der Waals surface area contributed by atoms with Gasteiger partial charge in [0.25, 0.3) is 11.8 Å². The zero-order valence-electron chi connectivity index (χ0n) is 17.2. The van der Waals surface area contributed by atoms with Crippen molar-refractivity contribution in [2.75, 3.05) is 44.7 Å². The number of hydrogen-bond acceptors (Lipinski definition) is 5. The highest BCUT2D eigenvalue weighted by Crippen LogP contribution is 2.21. The Labute approximate surface area is 171 Å². The van der Waals surface area contributed by atoms with Crippen LogP contribution in [0.5, 0.6) is 5.75 Å². The Morgan fingerprint density at radius 1 is 1.10 bits per heavy atom. The highest BCUT2D eigenvalue weighted by atomic mass is 16.5. The van der Waals surface area contributed by atoms with Gasteiger partial charge in [0, 0.05) is 50.2 Å². The predicted molar refractivity (Wildman–Crippen MR) is 113 cm³/mol. The molecule has 3 rings (SSSR count). The van der Waals surface area contributed by atoms with Crippen molar-refractivity contribution in [1.82, 2.24) is 15.2 Å². The number of hydrogen-bond donors (Lipinski definition) is 1. The van der Waals surface area contributed by atoms with Crippen LogP contribution < -0.4 is 15.0 Å². The van der Waals surface area contributed by atoms with E-state index in [1.165, 1.54) is 6.20 Å². The monoisotopic (exact) mass is 396 g/mol. The molecule has 1 aliphatic heterocycles. The van der Waals surface area contributed by atoms with Crippen LogP contribution in [0.15, 0.2) is 42.6 Å². The lowest BCUT2D eigenvalue weighted by molar-refractivity contribution is 0.0746. The highest BCUT2D eigenvalue weighted by molar-refractivity contribution is 5.98. The van der Waals surface area contributed by atoms with Gasteiger partial charge in [-0.05, 0) is 42.3 Å². The predicted octanol–water partition coefficient (Wildman–Crippen LogP) is 2.44. The first-order valence-corrected chi connectivity index (χ1v) is 9.90. The van der Waals surface area contributed by atoms with E-state index in [0.717, 1.165) is 24.5 Å². The van der Waals surface area contributed by atoms with Gasteiger partial charge >= 0.3 is 0 Å². The van der Waals surface area contributed by atoms with Crippen molar-refractivity contribution in [1.29, 1.82) is 0 Å². The molecule has 29 heavy (non-hydrogen) atoms. The zero-order valence-corrected chi connectivity index (χ0v) is 17.2. The SMILES string of the molecule is COc1ccc(N2CCN(C(=O)c3ccnc(C(=O)NCC(C)C)c3)CC2)cc1. The fourth-order valence-corrected chi connectivity index (χ4v) is 3.22. The van der Waals surface area contributed by atoms with Gasteiger partial charge in [-0.3, -0.25) is 14.6 Å². The molecule has 0 atom stereocenters. The molecule has 2 aromatic rings. The molecule has 0 bridgehead atoms. The van der Waals surface area contributed by atoms with E-state index in [1.807, 2.05) is 43.0 Å². The Morgan fingerprint density at radius 2 is 1.79 bits per heavy atom. The summed E-state index contributed by atoms with van der Waals surface area (Å²) in [6.45, 7) is 7.39. The van der Waals surface area contributed by atoms with Gasteiger partial charge in [0.2, 0.25) is 0 Å². The number of piperazine rings is 1. The number of carbonyl (C=O) groups is 2. The summed E-state index contributed by atoms with van der Waals surface area (Å²) in [6.07, 6.45) is 1.52. The molecule has 7 heteroatoms. The van der Waals surface area contributed by atoms with Crippen molar-refractivity contribution in [3.05, 3.63) is 53.9 Å². The Kier molecular flexibility index (Phi) is 6.69. The van der Waals surface area contributed by atoms with E-state index in [-0.39, 0.29) is 17.5 Å². The molecule has 0 radical (unpaired) electrons. The van der Waals surface area contributed by atoms with Gasteiger partial charge in [-0.25, -0.2) is 0 Å². The van der Waals surface area contributed by atoms with Gasteiger partial charge in [0.15, 0.2) is 0 Å². The number of benzene rings is 1. The number of ether oxygens (including phenoxy) is 1. The minimum Gasteiger partial charge on any atom is -0.497 e. The molecule has 0 spiro atoms. The van der Waals surface area contributed by atoms with E-state index >= 15 is 0 Å². The standard InChI is InChI=1S/C22H28N4O3/c1-16(2)15-24-21(27)20-14-17(8-9-23-20)22(28)26-12-10-25(11-13-26)18-4-6-19(29-3)7-5-18/h4-9,14,16H,10-13,15H2,1-3H3,(H,24,27). The Balaban J connectivity index is 1.60. The van der Waals surface area contributed by atoms with Crippen LogP contribution >= 0.6 is 0 Å². The fourth-order valence-electron chi connectivity index (χ4n) is 3.22. The summed E-state index contributed by atoms with van der Waals surface area (Å²) in [4.78, 5) is 33.3. The van der Waals surface area contributed by atoms with E-state index in [0.29, 0.717) is 31.1 Å². The summed E-state index contributed by atoms with van der Waals surface area (Å²) in [5.74, 6) is 0.858. The lowest BCUT2D eigenvalue weighted by atomic mass is 10.1. The maximum atomic E-state index is 12.9. The maximum absolute atomic E-state index is 12.9. The molecule has 1 saturated heterocycles. The molecule has 2 heterocycles. The van der Waals surface area contributed by atoms with E-state index in [4.69, 9.17) is 4.74 Å². The molecule has 154 valence electrons. The van der Waals surface area contributed by atoms with Crippen LogP contribution in [0.25, 0.3) is 0 Å². The maximum Gasteiger partial charge on any atom is 0.269 e. The van der Waals surface area contributed by atoms with Crippen LogP contribution in [0.1, 0.15) is 34.7 Å². The van der Waals surface area contributed by atoms with Crippen LogP contribution in [0, 0.1) is 5.92 Å². The summed E-state index contributed by atoms with van der Waals surface area (Å²) < 4.78 is 5.20. The topological polar surface area (TPSA) is 74.8 Å². The number of aromatic nitrogens is 1. The van der Waals surface area contributed by atoms with Gasteiger partial charge < -0.3 is 19.9 Å². The lowest BCUT2D eigenvalue weighted by Gasteiger charge is -2.36. The first-order chi connectivity index (χ1) is 14.0. The van der Waals surface area contributed by atoms with E-state index in [2.05, 4.69) is 15.2 Å². The Bertz CT molecular complexity index is 843. The minimum absolute atomic E-state index is 0.0697. The smallest absolute Gasteiger partial charge is 0.269 e. The molecule has 0 aliphatic carbocycles. The number of carbonyl (C=O) groups excluding carboxylic acids is 2. The van der Waals surface area contributed by atoms with Crippen molar-refractivity contribution in [2.45, 2.75) is 13.8 Å². The molecular weight excluding hydrogens is 368 g/mol. The summed E-state index contributed by atoms with van der Waals surface area (Å²) in [5, 5.41) is 2.83. The number of anilines is 1. The van der Waals surface area contributed by atoms with Gasteiger partial charge in [0.1, 0.15) is 11.4 Å². The molecule has 0 saturated carbocycles. The normalized spacial score (nSPS) is 14.1. The molecular formula is C22H28N4O3. The fraction of sp³-hybridized carbons (Fsp3) is 0.409. The van der Waals surface area contributed by atoms with Gasteiger partial charge in [-0.15, -0.1) is 0 Å². The Hall–Kier alpha value is -3.09. The molecule has 1 aromatic carbocycles. The molecule has 2 amide bonds. The molecule has 1 fully saturated rings. The van der Waals surface area contributed by atoms with E-state index in [1.54, 1.807) is 19.2 Å². The number of amides is 2. The lowest BCUT2D eigenvalue weighted by Crippen LogP contribution is -2.48. The average molecular weight is 396 g/mol. The zero-order chi connectivity index (χ0) is 20.8. The number of pyridine rings is 1. The van der Waals surface area contributed by atoms with Gasteiger partial charge in [0.05, 0.1) is 7.11 Å². The first-order valence-electron chi connectivity index (χ1n) is 9.90. The van der Waals surface area contributed by atoms with Crippen LogP contribution in [0.4, 0.5) is 5.69 Å². The van der Waals surface area contributed by atoms with Gasteiger partial charge in [-0.2, -0.15) is 0 Å². The molecule has 1 aromatic heterocycles. The van der Waals surface area contributed by atoms with Crippen molar-refractivity contribution >= 4 is 17.5 Å². The second-order valence-electron chi connectivity index (χ2n) is 7.51. The third-order valence-corrected chi connectivity index (χ3v) is 4.91. The minimum atomic E-state index is -0.252. The quantitative estimate of drug-likeness (QED) is 0.812. The number of nitrogens with zero attached hydrogens (tertiary/aromatic N) is 3. The summed E-state index contributed by atoms with van der Waals surface area (Å²) in [7, 11) is 1.65. The third-order valence-electron chi connectivity index (χ3n) is 4.91. The van der Waals surface area contributed by atoms with Crippen LogP contribution in [0.2, 0.25) is 0 Å². The molecule has 0 unspecified atom stereocenters. The second-order valence-corrected chi connectivity index (χ2v) is 7.51. The van der Waals surface area contributed by atoms with Crippen LogP contribution in [-0.4, -0.2) is 61.5 Å². The number of methoxy groups -OCH3 is 1. The van der Waals surface area contributed by atoms with Gasteiger partial charge in [-0.1, -0.05) is 13.8 Å². The highest BCUT2D eigenvalue weighted by Gasteiger charge is 2.23. The summed E-state index contributed by atoms with van der Waals surface area (Å²) in [5.41, 5.74) is 1.88. The number of rotatable bonds is 6. The molecule has 7 nitrogen and oxygen atoms in total. The van der Waals surface area contributed by atoms with E-state index in [9.17, 15) is 9.59 Å². The second kappa shape index (κ2) is 9.41. The molecule has 1 N–H and O–H groups in total. The summed E-state index contributed by atoms with van der Waals surface area (Å²) >= 11 is 0. The van der Waals surface area contributed by atoms with Crippen molar-refractivity contribution in [3.8, 4) is 5.75 Å². The largest absolute Gasteiger partial charge is 0.497 e. The third kappa shape index (κ3) is 5.25.